The van der Waals surface area contributed by atoms with Gasteiger partial charge in [-0.15, -0.1) is 0 Å². The Balaban J connectivity index is 2.30. The molecule has 0 spiro atoms. The van der Waals surface area contributed by atoms with Gasteiger partial charge in [-0.25, -0.2) is 9.59 Å². The van der Waals surface area contributed by atoms with Gasteiger partial charge < -0.3 is 9.05 Å². The maximum absolute atomic E-state index is 10.9. The SMILES string of the molecule is O=C(c1nc(-c2noc(C(=O)[N+](=O)[O-])n2)no1)[N+](=O)[O-]. The van der Waals surface area contributed by atoms with E-state index in [4.69, 9.17) is 0 Å². The molecule has 0 saturated heterocycles. The molecule has 0 aliphatic carbocycles. The van der Waals surface area contributed by atoms with Gasteiger partial charge in [0.25, 0.3) is 0 Å². The normalized spacial score (nSPS) is 10.2. The molecular weight excluding hydrogens is 284 g/mol. The smallest absolute Gasteiger partial charge is 0.322 e. The second-order valence-corrected chi connectivity index (χ2v) is 2.97. The van der Waals surface area contributed by atoms with Crippen molar-refractivity contribution in [2.45, 2.75) is 0 Å². The van der Waals surface area contributed by atoms with Crippen LogP contribution in [0.5, 0.6) is 0 Å². The van der Waals surface area contributed by atoms with Crippen molar-refractivity contribution in [2.24, 2.45) is 0 Å². The fraction of sp³-hybridized carbons (Fsp3) is 0. The molecular formula is C6N6O8. The summed E-state index contributed by atoms with van der Waals surface area (Å²) in [7, 11) is 0. The van der Waals surface area contributed by atoms with Crippen LogP contribution in [-0.2, 0) is 0 Å². The van der Waals surface area contributed by atoms with E-state index in [1.807, 2.05) is 0 Å². The zero-order valence-corrected chi connectivity index (χ0v) is 8.95. The maximum atomic E-state index is 10.9. The molecule has 2 aromatic heterocycles. The molecule has 20 heavy (non-hydrogen) atoms. The Morgan fingerprint density at radius 2 is 1.20 bits per heavy atom. The van der Waals surface area contributed by atoms with Crippen molar-refractivity contribution in [3.8, 4) is 11.6 Å². The summed E-state index contributed by atoms with van der Waals surface area (Å²) >= 11 is 0. The predicted octanol–water partition coefficient (Wildman–Crippen LogP) is -1.05. The van der Waals surface area contributed by atoms with Crippen LogP contribution in [0.2, 0.25) is 0 Å². The Morgan fingerprint density at radius 1 is 0.850 bits per heavy atom. The Morgan fingerprint density at radius 3 is 1.50 bits per heavy atom. The van der Waals surface area contributed by atoms with Crippen molar-refractivity contribution in [1.82, 2.24) is 20.3 Å². The zero-order valence-electron chi connectivity index (χ0n) is 8.95. The molecule has 0 aromatic carbocycles. The number of nitrogens with zero attached hydrogens (tertiary/aromatic N) is 6. The molecule has 0 N–H and O–H groups in total. The number of hydrogen-bond acceptors (Lipinski definition) is 12. The van der Waals surface area contributed by atoms with E-state index in [1.54, 1.807) is 0 Å². The van der Waals surface area contributed by atoms with Crippen LogP contribution in [0.3, 0.4) is 0 Å². The molecule has 2 heterocycles. The highest BCUT2D eigenvalue weighted by Crippen LogP contribution is 2.12. The van der Waals surface area contributed by atoms with Gasteiger partial charge in [-0.05, 0) is 0 Å². The second-order valence-electron chi connectivity index (χ2n) is 2.97. The lowest BCUT2D eigenvalue weighted by Gasteiger charge is -1.80. The molecule has 0 radical (unpaired) electrons. The molecule has 102 valence electrons. The van der Waals surface area contributed by atoms with Gasteiger partial charge in [0, 0.05) is 0 Å². The molecule has 14 nitrogen and oxygen atoms in total. The van der Waals surface area contributed by atoms with Gasteiger partial charge in [0.15, 0.2) is 0 Å². The molecule has 0 aliphatic heterocycles. The summed E-state index contributed by atoms with van der Waals surface area (Å²) in [5.74, 6) is -6.24. The topological polar surface area (TPSA) is 198 Å². The molecule has 0 fully saturated rings. The van der Waals surface area contributed by atoms with Crippen LogP contribution in [0.25, 0.3) is 11.6 Å². The second kappa shape index (κ2) is 4.59. The van der Waals surface area contributed by atoms with Gasteiger partial charge >= 0.3 is 23.6 Å². The average Bonchev–Trinajstić information content (AvgIpc) is 3.05. The highest BCUT2D eigenvalue weighted by Gasteiger charge is 2.31. The number of carbonyl (C=O) groups is 2. The van der Waals surface area contributed by atoms with Crippen LogP contribution in [-0.4, -0.2) is 41.9 Å². The van der Waals surface area contributed by atoms with E-state index in [2.05, 4.69) is 29.3 Å². The van der Waals surface area contributed by atoms with E-state index in [-0.39, 0.29) is 0 Å². The molecule has 0 saturated carbocycles. The highest BCUT2D eigenvalue weighted by molar-refractivity contribution is 5.83. The monoisotopic (exact) mass is 284 g/mol. The van der Waals surface area contributed by atoms with E-state index in [0.29, 0.717) is 0 Å². The highest BCUT2D eigenvalue weighted by atomic mass is 16.6. The van der Waals surface area contributed by atoms with E-state index in [0.717, 1.165) is 0 Å². The van der Waals surface area contributed by atoms with Gasteiger partial charge in [0.1, 0.15) is 9.85 Å². The first-order valence-corrected chi connectivity index (χ1v) is 4.45. The molecule has 2 amide bonds. The van der Waals surface area contributed by atoms with Gasteiger partial charge in [0.05, 0.1) is 0 Å². The summed E-state index contributed by atoms with van der Waals surface area (Å²) < 4.78 is 8.53. The molecule has 14 heteroatoms. The van der Waals surface area contributed by atoms with E-state index >= 15 is 0 Å². The van der Waals surface area contributed by atoms with Crippen molar-refractivity contribution in [3.05, 3.63) is 32.0 Å². The van der Waals surface area contributed by atoms with Crippen LogP contribution < -0.4 is 0 Å². The minimum absolute atomic E-state index is 0.513. The average molecular weight is 284 g/mol. The quantitative estimate of drug-likeness (QED) is 0.489. The summed E-state index contributed by atoms with van der Waals surface area (Å²) in [5.41, 5.74) is 0. The standard InChI is InChI=1S/C6N6O8/c13-5(11(15)16)3-7-1(9-19-3)2-8-4(20-10-2)6(14)12(17)18. The molecule has 0 bridgehead atoms. The number of rotatable bonds is 3. The van der Waals surface area contributed by atoms with Gasteiger partial charge in [-0.2, -0.15) is 9.97 Å². The van der Waals surface area contributed by atoms with Gasteiger partial charge in [-0.1, -0.05) is 10.3 Å². The van der Waals surface area contributed by atoms with Crippen molar-refractivity contribution < 1.29 is 28.5 Å². The Hall–Kier alpha value is -3.58. The van der Waals surface area contributed by atoms with Crippen molar-refractivity contribution in [2.75, 3.05) is 0 Å². The summed E-state index contributed by atoms with van der Waals surface area (Å²) in [5, 5.41) is 26.6. The Bertz CT molecular complexity index is 667. The number of carbonyl (C=O) groups excluding carboxylic acids is 2. The van der Waals surface area contributed by atoms with Crippen molar-refractivity contribution >= 4 is 11.8 Å². The van der Waals surface area contributed by atoms with Crippen LogP contribution >= 0.6 is 0 Å². The summed E-state index contributed by atoms with van der Waals surface area (Å²) in [4.78, 5) is 46.1. The summed E-state index contributed by atoms with van der Waals surface area (Å²) in [6, 6.07) is 0. The number of hydrogen-bond donors (Lipinski definition) is 0. The lowest BCUT2D eigenvalue weighted by molar-refractivity contribution is -0.377. The van der Waals surface area contributed by atoms with Crippen molar-refractivity contribution in [1.29, 1.82) is 0 Å². The largest absolute Gasteiger partial charge is 0.534 e. The first-order chi connectivity index (χ1) is 9.40. The predicted molar refractivity (Wildman–Crippen MR) is 50.2 cm³/mol. The third-order valence-corrected chi connectivity index (χ3v) is 1.75. The Labute approximate surface area is 105 Å². The zero-order chi connectivity index (χ0) is 14.9. The van der Waals surface area contributed by atoms with E-state index < -0.39 is 45.1 Å². The molecule has 2 rings (SSSR count). The summed E-state index contributed by atoms with van der Waals surface area (Å²) in [6.07, 6.45) is 0. The molecule has 0 aliphatic rings. The first-order valence-electron chi connectivity index (χ1n) is 4.45. The molecule has 0 atom stereocenters. The fourth-order valence-corrected chi connectivity index (χ4v) is 0.959. The van der Waals surface area contributed by atoms with Crippen LogP contribution in [0.15, 0.2) is 9.05 Å². The number of aromatic nitrogens is 4. The number of nitro groups is 2. The third-order valence-electron chi connectivity index (χ3n) is 1.75. The minimum Gasteiger partial charge on any atom is -0.322 e. The van der Waals surface area contributed by atoms with Crippen LogP contribution in [0.1, 0.15) is 21.4 Å². The number of amides is 2. The summed E-state index contributed by atoms with van der Waals surface area (Å²) in [6.45, 7) is 0. The van der Waals surface area contributed by atoms with Crippen LogP contribution in [0, 0.1) is 20.2 Å². The third kappa shape index (κ3) is 2.19. The maximum Gasteiger partial charge on any atom is 0.534 e. The first kappa shape index (κ1) is 12.9. The molecule has 2 aromatic rings. The van der Waals surface area contributed by atoms with Gasteiger partial charge in [0.2, 0.25) is 11.6 Å². The van der Waals surface area contributed by atoms with Gasteiger partial charge in [-0.3, -0.25) is 20.2 Å². The van der Waals surface area contributed by atoms with Crippen molar-refractivity contribution in [3.63, 3.8) is 0 Å². The Kier molecular flexibility index (Phi) is 2.96. The van der Waals surface area contributed by atoms with E-state index in [1.165, 1.54) is 0 Å². The van der Waals surface area contributed by atoms with Crippen LogP contribution in [0.4, 0.5) is 0 Å². The fourth-order valence-electron chi connectivity index (χ4n) is 0.959. The lowest BCUT2D eigenvalue weighted by atomic mass is 10.5. The minimum atomic E-state index is -1.66. The lowest BCUT2D eigenvalue weighted by Crippen LogP contribution is -2.12. The molecule has 0 unspecified atom stereocenters. The van der Waals surface area contributed by atoms with E-state index in [9.17, 15) is 29.8 Å².